The molecule has 0 radical (unpaired) electrons. The molecule has 0 amide bonds. The maximum Gasteiger partial charge on any atom is 0.115 e. The van der Waals surface area contributed by atoms with Gasteiger partial charge in [0.25, 0.3) is 0 Å². The predicted octanol–water partition coefficient (Wildman–Crippen LogP) is 3.89. The highest BCUT2D eigenvalue weighted by Crippen LogP contribution is 2.45. The van der Waals surface area contributed by atoms with Crippen molar-refractivity contribution in [3.63, 3.8) is 0 Å². The van der Waals surface area contributed by atoms with Crippen molar-refractivity contribution in [2.24, 2.45) is 18.7 Å². The standard InChI is InChI=1S/C18H27N3/c1-13(2)11-18(9-4-5-10-18)17-20-16-14(12-19)7-6-8-15(16)21(17)3/h6-8,13H,4-5,9-12,19H2,1-3H3. The Labute approximate surface area is 127 Å². The molecular weight excluding hydrogens is 258 g/mol. The summed E-state index contributed by atoms with van der Waals surface area (Å²) in [5.41, 5.74) is 9.65. The van der Waals surface area contributed by atoms with Crippen LogP contribution in [-0.4, -0.2) is 9.55 Å². The van der Waals surface area contributed by atoms with E-state index in [1.54, 1.807) is 0 Å². The summed E-state index contributed by atoms with van der Waals surface area (Å²) in [4.78, 5) is 5.07. The van der Waals surface area contributed by atoms with Gasteiger partial charge >= 0.3 is 0 Å². The van der Waals surface area contributed by atoms with Crippen LogP contribution < -0.4 is 5.73 Å². The zero-order chi connectivity index (χ0) is 15.0. The van der Waals surface area contributed by atoms with Crippen LogP contribution in [0.2, 0.25) is 0 Å². The molecule has 1 fully saturated rings. The van der Waals surface area contributed by atoms with Crippen LogP contribution in [0.1, 0.15) is 57.3 Å². The van der Waals surface area contributed by atoms with Gasteiger partial charge in [-0.05, 0) is 36.8 Å². The summed E-state index contributed by atoms with van der Waals surface area (Å²) in [5, 5.41) is 0. The number of nitrogens with zero attached hydrogens (tertiary/aromatic N) is 2. The van der Waals surface area contributed by atoms with Crippen molar-refractivity contribution < 1.29 is 0 Å². The second-order valence-corrected chi connectivity index (χ2v) is 7.07. The van der Waals surface area contributed by atoms with Crippen LogP contribution in [0.25, 0.3) is 11.0 Å². The van der Waals surface area contributed by atoms with Gasteiger partial charge in [0.05, 0.1) is 11.0 Å². The molecule has 2 aromatic rings. The number of imidazole rings is 1. The molecule has 0 atom stereocenters. The number of fused-ring (bicyclic) bond motifs is 1. The molecule has 0 saturated heterocycles. The minimum absolute atomic E-state index is 0.272. The first kappa shape index (κ1) is 14.6. The van der Waals surface area contributed by atoms with E-state index >= 15 is 0 Å². The monoisotopic (exact) mass is 285 g/mol. The molecule has 0 aliphatic heterocycles. The van der Waals surface area contributed by atoms with Crippen molar-refractivity contribution in [3.05, 3.63) is 29.6 Å². The molecule has 0 spiro atoms. The minimum Gasteiger partial charge on any atom is -0.331 e. The van der Waals surface area contributed by atoms with Crippen LogP contribution in [0, 0.1) is 5.92 Å². The van der Waals surface area contributed by atoms with Crippen molar-refractivity contribution in [1.82, 2.24) is 9.55 Å². The van der Waals surface area contributed by atoms with E-state index in [2.05, 4.69) is 43.7 Å². The van der Waals surface area contributed by atoms with Crippen molar-refractivity contribution in [1.29, 1.82) is 0 Å². The largest absolute Gasteiger partial charge is 0.331 e. The molecule has 1 saturated carbocycles. The zero-order valence-electron chi connectivity index (χ0n) is 13.5. The molecule has 0 bridgehead atoms. The van der Waals surface area contributed by atoms with E-state index in [1.807, 2.05) is 0 Å². The number of para-hydroxylation sites is 1. The smallest absolute Gasteiger partial charge is 0.115 e. The lowest BCUT2D eigenvalue weighted by atomic mass is 9.77. The van der Waals surface area contributed by atoms with Gasteiger partial charge in [0, 0.05) is 19.0 Å². The third kappa shape index (κ3) is 2.38. The Hall–Kier alpha value is -1.35. The summed E-state index contributed by atoms with van der Waals surface area (Å²) in [6, 6.07) is 6.37. The highest BCUT2D eigenvalue weighted by Gasteiger charge is 2.39. The van der Waals surface area contributed by atoms with Gasteiger partial charge in [-0.15, -0.1) is 0 Å². The average Bonchev–Trinajstić information content (AvgIpc) is 3.04. The fourth-order valence-corrected chi connectivity index (χ4v) is 4.26. The number of hydrogen-bond donors (Lipinski definition) is 1. The van der Waals surface area contributed by atoms with Gasteiger partial charge in [-0.2, -0.15) is 0 Å². The van der Waals surface area contributed by atoms with Crippen LogP contribution in [0.4, 0.5) is 0 Å². The first-order chi connectivity index (χ1) is 10.1. The molecule has 1 aliphatic carbocycles. The van der Waals surface area contributed by atoms with Crippen molar-refractivity contribution >= 4 is 11.0 Å². The van der Waals surface area contributed by atoms with Crippen LogP contribution >= 0.6 is 0 Å². The first-order valence-corrected chi connectivity index (χ1v) is 8.22. The quantitative estimate of drug-likeness (QED) is 0.926. The highest BCUT2D eigenvalue weighted by atomic mass is 15.1. The molecule has 3 rings (SSSR count). The van der Waals surface area contributed by atoms with Crippen molar-refractivity contribution in [2.75, 3.05) is 0 Å². The van der Waals surface area contributed by atoms with Gasteiger partial charge in [0.2, 0.25) is 0 Å². The molecule has 2 N–H and O–H groups in total. The van der Waals surface area contributed by atoms with E-state index in [0.717, 1.165) is 11.1 Å². The topological polar surface area (TPSA) is 43.8 Å². The second kappa shape index (κ2) is 5.45. The summed E-state index contributed by atoms with van der Waals surface area (Å²) >= 11 is 0. The zero-order valence-corrected chi connectivity index (χ0v) is 13.5. The summed E-state index contributed by atoms with van der Waals surface area (Å²) in [6.07, 6.45) is 6.46. The fraction of sp³-hybridized carbons (Fsp3) is 0.611. The van der Waals surface area contributed by atoms with E-state index in [4.69, 9.17) is 10.7 Å². The Morgan fingerprint density at radius 2 is 2.00 bits per heavy atom. The molecule has 1 aliphatic rings. The Balaban J connectivity index is 2.16. The summed E-state index contributed by atoms with van der Waals surface area (Å²) in [5.74, 6) is 1.99. The van der Waals surface area contributed by atoms with Crippen LogP contribution in [0.5, 0.6) is 0 Å². The van der Waals surface area contributed by atoms with E-state index in [-0.39, 0.29) is 5.41 Å². The minimum atomic E-state index is 0.272. The van der Waals surface area contributed by atoms with Gasteiger partial charge in [0.1, 0.15) is 5.82 Å². The predicted molar refractivity (Wildman–Crippen MR) is 88.2 cm³/mol. The molecule has 21 heavy (non-hydrogen) atoms. The SMILES string of the molecule is CC(C)CC1(c2nc3c(CN)cccc3n2C)CCCC1. The van der Waals surface area contributed by atoms with E-state index in [9.17, 15) is 0 Å². The Kier molecular flexibility index (Phi) is 3.78. The lowest BCUT2D eigenvalue weighted by Gasteiger charge is -2.30. The molecule has 1 aromatic carbocycles. The number of rotatable bonds is 4. The summed E-state index contributed by atoms with van der Waals surface area (Å²) in [6.45, 7) is 5.22. The van der Waals surface area contributed by atoms with Gasteiger partial charge < -0.3 is 10.3 Å². The van der Waals surface area contributed by atoms with Crippen LogP contribution in [0.3, 0.4) is 0 Å². The number of hydrogen-bond acceptors (Lipinski definition) is 2. The molecule has 114 valence electrons. The van der Waals surface area contributed by atoms with Gasteiger partial charge in [-0.3, -0.25) is 0 Å². The Morgan fingerprint density at radius 3 is 2.62 bits per heavy atom. The van der Waals surface area contributed by atoms with Crippen molar-refractivity contribution in [3.8, 4) is 0 Å². The Bertz CT molecular complexity index is 633. The van der Waals surface area contributed by atoms with Crippen LogP contribution in [0.15, 0.2) is 18.2 Å². The summed E-state index contributed by atoms with van der Waals surface area (Å²) < 4.78 is 2.32. The third-order valence-electron chi connectivity index (χ3n) is 5.05. The normalized spacial score (nSPS) is 18.0. The van der Waals surface area contributed by atoms with Gasteiger partial charge in [-0.25, -0.2) is 4.98 Å². The van der Waals surface area contributed by atoms with Crippen LogP contribution in [-0.2, 0) is 19.0 Å². The number of benzene rings is 1. The molecule has 3 heteroatoms. The Morgan fingerprint density at radius 1 is 1.29 bits per heavy atom. The molecule has 1 aromatic heterocycles. The fourth-order valence-electron chi connectivity index (χ4n) is 4.26. The lowest BCUT2D eigenvalue weighted by Crippen LogP contribution is -2.28. The third-order valence-corrected chi connectivity index (χ3v) is 5.05. The second-order valence-electron chi connectivity index (χ2n) is 7.07. The van der Waals surface area contributed by atoms with E-state index in [1.165, 1.54) is 43.4 Å². The molecule has 1 heterocycles. The molecule has 3 nitrogen and oxygen atoms in total. The van der Waals surface area contributed by atoms with Gasteiger partial charge in [-0.1, -0.05) is 38.8 Å². The van der Waals surface area contributed by atoms with E-state index in [0.29, 0.717) is 12.5 Å². The van der Waals surface area contributed by atoms with E-state index < -0.39 is 0 Å². The lowest BCUT2D eigenvalue weighted by molar-refractivity contribution is 0.323. The van der Waals surface area contributed by atoms with Gasteiger partial charge in [0.15, 0.2) is 0 Å². The maximum atomic E-state index is 5.89. The average molecular weight is 285 g/mol. The van der Waals surface area contributed by atoms with Crippen molar-refractivity contribution in [2.45, 2.75) is 57.9 Å². The highest BCUT2D eigenvalue weighted by molar-refractivity contribution is 5.80. The molecule has 0 unspecified atom stereocenters. The maximum absolute atomic E-state index is 5.89. The molecular formula is C18H27N3. The number of aromatic nitrogens is 2. The first-order valence-electron chi connectivity index (χ1n) is 8.22. The summed E-state index contributed by atoms with van der Waals surface area (Å²) in [7, 11) is 2.17. The number of nitrogens with two attached hydrogens (primary N) is 1. The number of aryl methyl sites for hydroxylation is 1.